The molecule has 0 bridgehead atoms. The minimum Gasteiger partial charge on any atom is -0.462 e. The SMILES string of the molecule is CCCOC(=O)c1sc2nc(NC(C)C)nc(Cl)c2c1C. The van der Waals surface area contributed by atoms with E-state index in [0.29, 0.717) is 27.4 Å². The lowest BCUT2D eigenvalue weighted by molar-refractivity contribution is 0.0510. The van der Waals surface area contributed by atoms with Crippen molar-refractivity contribution in [3.05, 3.63) is 15.6 Å². The van der Waals surface area contributed by atoms with E-state index in [1.54, 1.807) is 0 Å². The van der Waals surface area contributed by atoms with Gasteiger partial charge in [0.2, 0.25) is 5.95 Å². The van der Waals surface area contributed by atoms with Gasteiger partial charge in [0, 0.05) is 6.04 Å². The summed E-state index contributed by atoms with van der Waals surface area (Å²) in [6.45, 7) is 8.19. The van der Waals surface area contributed by atoms with Crippen LogP contribution in [0.1, 0.15) is 42.4 Å². The van der Waals surface area contributed by atoms with Crippen molar-refractivity contribution in [2.75, 3.05) is 11.9 Å². The van der Waals surface area contributed by atoms with Crippen molar-refractivity contribution < 1.29 is 9.53 Å². The highest BCUT2D eigenvalue weighted by atomic mass is 35.5. The quantitative estimate of drug-likeness (QED) is 0.663. The first kappa shape index (κ1) is 16.0. The minimum absolute atomic E-state index is 0.202. The van der Waals surface area contributed by atoms with Gasteiger partial charge in [0.1, 0.15) is 14.9 Å². The molecule has 0 atom stereocenters. The van der Waals surface area contributed by atoms with Crippen molar-refractivity contribution in [3.63, 3.8) is 0 Å². The van der Waals surface area contributed by atoms with Gasteiger partial charge in [-0.05, 0) is 32.8 Å². The second kappa shape index (κ2) is 6.58. The van der Waals surface area contributed by atoms with Crippen LogP contribution in [0.3, 0.4) is 0 Å². The third-order valence-corrected chi connectivity index (χ3v) is 4.23. The number of halogens is 1. The lowest BCUT2D eigenvalue weighted by atomic mass is 10.2. The zero-order chi connectivity index (χ0) is 15.6. The Labute approximate surface area is 132 Å². The minimum atomic E-state index is -0.327. The molecule has 114 valence electrons. The molecule has 0 amide bonds. The zero-order valence-electron chi connectivity index (χ0n) is 12.5. The first-order chi connectivity index (χ1) is 9.93. The number of fused-ring (bicyclic) bond motifs is 1. The van der Waals surface area contributed by atoms with Crippen LogP contribution in [-0.4, -0.2) is 28.6 Å². The van der Waals surface area contributed by atoms with Crippen molar-refractivity contribution in [1.29, 1.82) is 0 Å². The smallest absolute Gasteiger partial charge is 0.348 e. The highest BCUT2D eigenvalue weighted by Crippen LogP contribution is 2.34. The number of ether oxygens (including phenoxy) is 1. The van der Waals surface area contributed by atoms with Gasteiger partial charge in [0.25, 0.3) is 0 Å². The maximum atomic E-state index is 12.0. The molecule has 0 fully saturated rings. The van der Waals surface area contributed by atoms with Crippen LogP contribution < -0.4 is 5.32 Å². The Morgan fingerprint density at radius 2 is 2.14 bits per heavy atom. The number of carbonyl (C=O) groups is 1. The molecule has 7 heteroatoms. The number of thiophene rings is 1. The number of anilines is 1. The molecule has 0 aliphatic carbocycles. The molecule has 0 saturated heterocycles. The van der Waals surface area contributed by atoms with Crippen LogP contribution in [-0.2, 0) is 4.74 Å². The molecule has 0 aliphatic rings. The monoisotopic (exact) mass is 327 g/mol. The standard InChI is InChI=1S/C14H18ClN3O2S/c1-5-6-20-13(19)10-8(4)9-11(15)17-14(16-7(2)3)18-12(9)21-10/h7H,5-6H2,1-4H3,(H,16,17,18). The molecule has 0 spiro atoms. The van der Waals surface area contributed by atoms with E-state index in [2.05, 4.69) is 15.3 Å². The van der Waals surface area contributed by atoms with Gasteiger partial charge in [-0.1, -0.05) is 18.5 Å². The number of aryl methyl sites for hydroxylation is 1. The van der Waals surface area contributed by atoms with Crippen molar-refractivity contribution in [3.8, 4) is 0 Å². The molecular weight excluding hydrogens is 310 g/mol. The Hall–Kier alpha value is -1.40. The van der Waals surface area contributed by atoms with Gasteiger partial charge in [0.15, 0.2) is 0 Å². The van der Waals surface area contributed by atoms with Crippen molar-refractivity contribution >= 4 is 45.1 Å². The van der Waals surface area contributed by atoms with Gasteiger partial charge in [-0.25, -0.2) is 14.8 Å². The number of carbonyl (C=O) groups excluding carboxylic acids is 1. The van der Waals surface area contributed by atoms with Gasteiger partial charge in [-0.3, -0.25) is 0 Å². The largest absolute Gasteiger partial charge is 0.462 e. The first-order valence-corrected chi connectivity index (χ1v) is 8.03. The van der Waals surface area contributed by atoms with Gasteiger partial charge >= 0.3 is 5.97 Å². The molecule has 2 aromatic heterocycles. The highest BCUT2D eigenvalue weighted by molar-refractivity contribution is 7.20. The highest BCUT2D eigenvalue weighted by Gasteiger charge is 2.20. The number of nitrogens with one attached hydrogen (secondary N) is 1. The predicted molar refractivity (Wildman–Crippen MR) is 86.5 cm³/mol. The molecule has 0 saturated carbocycles. The first-order valence-electron chi connectivity index (χ1n) is 6.84. The molecule has 5 nitrogen and oxygen atoms in total. The lowest BCUT2D eigenvalue weighted by Gasteiger charge is -2.08. The van der Waals surface area contributed by atoms with Crippen molar-refractivity contribution in [2.45, 2.75) is 40.2 Å². The molecule has 2 aromatic rings. The summed E-state index contributed by atoms with van der Waals surface area (Å²) < 4.78 is 5.19. The van der Waals surface area contributed by atoms with E-state index in [1.165, 1.54) is 11.3 Å². The van der Waals surface area contributed by atoms with Crippen LogP contribution in [0.5, 0.6) is 0 Å². The summed E-state index contributed by atoms with van der Waals surface area (Å²) in [5.41, 5.74) is 0.775. The van der Waals surface area contributed by atoms with Crippen molar-refractivity contribution in [2.24, 2.45) is 0 Å². The fourth-order valence-corrected chi connectivity index (χ4v) is 3.31. The number of hydrogen-bond acceptors (Lipinski definition) is 6. The number of esters is 1. The molecule has 2 heterocycles. The Morgan fingerprint density at radius 1 is 1.43 bits per heavy atom. The Balaban J connectivity index is 2.44. The summed E-state index contributed by atoms with van der Waals surface area (Å²) in [4.78, 5) is 21.9. The second-order valence-electron chi connectivity index (χ2n) is 5.01. The lowest BCUT2D eigenvalue weighted by Crippen LogP contribution is -2.12. The predicted octanol–water partition coefficient (Wildman–Crippen LogP) is 4.04. The van der Waals surface area contributed by atoms with Crippen LogP contribution in [0, 0.1) is 6.92 Å². The average molecular weight is 328 g/mol. The zero-order valence-corrected chi connectivity index (χ0v) is 14.1. The molecule has 0 aliphatic heterocycles. The molecule has 21 heavy (non-hydrogen) atoms. The third-order valence-electron chi connectivity index (χ3n) is 2.79. The van der Waals surface area contributed by atoms with Gasteiger partial charge in [0.05, 0.1) is 12.0 Å². The molecule has 1 N–H and O–H groups in total. The third kappa shape index (κ3) is 3.44. The topological polar surface area (TPSA) is 64.1 Å². The molecule has 0 radical (unpaired) electrons. The summed E-state index contributed by atoms with van der Waals surface area (Å²) in [6.07, 6.45) is 0.790. The van der Waals surface area contributed by atoms with Crippen LogP contribution in [0.25, 0.3) is 10.2 Å². The summed E-state index contributed by atoms with van der Waals surface area (Å²) in [5.74, 6) is 0.143. The molecule has 2 rings (SSSR count). The Bertz CT molecular complexity index is 670. The number of aromatic nitrogens is 2. The fraction of sp³-hybridized carbons (Fsp3) is 0.500. The number of rotatable bonds is 5. The number of nitrogens with zero attached hydrogens (tertiary/aromatic N) is 2. The molecule has 0 unspecified atom stereocenters. The summed E-state index contributed by atoms with van der Waals surface area (Å²) in [5, 5.41) is 4.19. The maximum Gasteiger partial charge on any atom is 0.348 e. The van der Waals surface area contributed by atoms with E-state index < -0.39 is 0 Å². The Kier molecular flexibility index (Phi) is 5.00. The van der Waals surface area contributed by atoms with Gasteiger partial charge in [-0.15, -0.1) is 11.3 Å². The van der Waals surface area contributed by atoms with E-state index in [-0.39, 0.29) is 12.0 Å². The van der Waals surface area contributed by atoms with E-state index in [0.717, 1.165) is 17.4 Å². The Morgan fingerprint density at radius 3 is 2.76 bits per heavy atom. The van der Waals surface area contributed by atoms with E-state index in [9.17, 15) is 4.79 Å². The average Bonchev–Trinajstić information content (AvgIpc) is 2.72. The number of hydrogen-bond donors (Lipinski definition) is 1. The van der Waals surface area contributed by atoms with E-state index in [1.807, 2.05) is 27.7 Å². The van der Waals surface area contributed by atoms with E-state index >= 15 is 0 Å². The van der Waals surface area contributed by atoms with Crippen LogP contribution in [0.15, 0.2) is 0 Å². The van der Waals surface area contributed by atoms with E-state index in [4.69, 9.17) is 16.3 Å². The van der Waals surface area contributed by atoms with Crippen LogP contribution in [0.4, 0.5) is 5.95 Å². The van der Waals surface area contributed by atoms with Crippen LogP contribution >= 0.6 is 22.9 Å². The summed E-state index contributed by atoms with van der Waals surface area (Å²) >= 11 is 7.52. The normalized spacial score (nSPS) is 11.1. The summed E-state index contributed by atoms with van der Waals surface area (Å²) in [6, 6.07) is 0.202. The van der Waals surface area contributed by atoms with Gasteiger partial charge < -0.3 is 10.1 Å². The van der Waals surface area contributed by atoms with Crippen LogP contribution in [0.2, 0.25) is 5.15 Å². The van der Waals surface area contributed by atoms with Crippen molar-refractivity contribution in [1.82, 2.24) is 9.97 Å². The molecular formula is C14H18ClN3O2S. The fourth-order valence-electron chi connectivity index (χ4n) is 1.87. The second-order valence-corrected chi connectivity index (χ2v) is 6.37. The maximum absolute atomic E-state index is 12.0. The van der Waals surface area contributed by atoms with Gasteiger partial charge in [-0.2, -0.15) is 0 Å². The molecule has 0 aromatic carbocycles. The summed E-state index contributed by atoms with van der Waals surface area (Å²) in [7, 11) is 0.